The molecule has 0 aromatic heterocycles. The Kier molecular flexibility index (Phi) is 1.43. The van der Waals surface area contributed by atoms with E-state index in [1.165, 1.54) is 0 Å². The number of aliphatic imine (C=N–C) groups is 1. The molecule has 0 fully saturated rings. The smallest absolute Gasteiger partial charge is 0.292 e. The Morgan fingerprint density at radius 3 is 3.08 bits per heavy atom. The minimum atomic E-state index is -0.332. The lowest BCUT2D eigenvalue weighted by molar-refractivity contribution is -0.114. The van der Waals surface area contributed by atoms with Crippen LogP contribution in [0.15, 0.2) is 41.1 Å². The monoisotopic (exact) mass is 160 g/mol. The molecule has 0 saturated heterocycles. The van der Waals surface area contributed by atoms with E-state index in [1.807, 2.05) is 24.3 Å². The highest BCUT2D eigenvalue weighted by atomic mass is 16.1. The summed E-state index contributed by atoms with van der Waals surface area (Å²) >= 11 is 0. The third-order valence-corrected chi connectivity index (χ3v) is 1.87. The molecule has 0 aromatic rings. The van der Waals surface area contributed by atoms with Gasteiger partial charge in [-0.3, -0.25) is 4.79 Å². The Balaban J connectivity index is 2.41. The molecule has 1 aliphatic carbocycles. The van der Waals surface area contributed by atoms with E-state index in [1.54, 1.807) is 6.08 Å². The molecule has 1 amide bonds. The number of carbonyl (C=O) groups excluding carboxylic acids is 1. The Hall–Kier alpha value is -1.64. The Bertz CT molecular complexity index is 348. The van der Waals surface area contributed by atoms with Crippen molar-refractivity contribution < 1.29 is 4.79 Å². The van der Waals surface area contributed by atoms with Crippen molar-refractivity contribution in [2.75, 3.05) is 0 Å². The van der Waals surface area contributed by atoms with Crippen molar-refractivity contribution in [3.8, 4) is 0 Å². The second-order valence-corrected chi connectivity index (χ2v) is 2.73. The van der Waals surface area contributed by atoms with Gasteiger partial charge in [-0.1, -0.05) is 18.2 Å². The number of fused-ring (bicyclic) bond motifs is 1. The van der Waals surface area contributed by atoms with Crippen molar-refractivity contribution in [2.45, 2.75) is 0 Å². The quantitative estimate of drug-likeness (QED) is 0.562. The van der Waals surface area contributed by atoms with Gasteiger partial charge in [-0.15, -0.1) is 0 Å². The van der Waals surface area contributed by atoms with E-state index in [0.29, 0.717) is 0 Å². The van der Waals surface area contributed by atoms with Crippen LogP contribution in [0.5, 0.6) is 0 Å². The van der Waals surface area contributed by atoms with Gasteiger partial charge in [0.25, 0.3) is 5.91 Å². The molecule has 12 heavy (non-hydrogen) atoms. The summed E-state index contributed by atoms with van der Waals surface area (Å²) in [4.78, 5) is 14.8. The lowest BCUT2D eigenvalue weighted by Gasteiger charge is -2.15. The summed E-state index contributed by atoms with van der Waals surface area (Å²) in [6, 6.07) is 0. The standard InChI is InChI=1S/C9H8N2O/c10-7-5-6-3-1-2-4-8(6)11-9(7)12/h1-6H,10H2. The van der Waals surface area contributed by atoms with Crippen molar-refractivity contribution >= 4 is 11.6 Å². The fourth-order valence-electron chi connectivity index (χ4n) is 1.25. The molecule has 0 spiro atoms. The van der Waals surface area contributed by atoms with Crippen LogP contribution in [0.2, 0.25) is 0 Å². The van der Waals surface area contributed by atoms with Crippen LogP contribution in [0.3, 0.4) is 0 Å². The molecule has 2 aliphatic rings. The minimum absolute atomic E-state index is 0.0905. The Morgan fingerprint density at radius 1 is 1.42 bits per heavy atom. The zero-order valence-corrected chi connectivity index (χ0v) is 6.40. The maximum absolute atomic E-state index is 11.0. The van der Waals surface area contributed by atoms with Gasteiger partial charge in [0, 0.05) is 5.92 Å². The van der Waals surface area contributed by atoms with Crippen molar-refractivity contribution in [1.29, 1.82) is 0 Å². The molecular weight excluding hydrogens is 152 g/mol. The molecule has 1 heterocycles. The molecule has 2 rings (SSSR count). The summed E-state index contributed by atoms with van der Waals surface area (Å²) in [6.45, 7) is 0. The number of nitrogens with zero attached hydrogens (tertiary/aromatic N) is 1. The molecule has 1 aliphatic heterocycles. The second kappa shape index (κ2) is 2.44. The van der Waals surface area contributed by atoms with Crippen molar-refractivity contribution in [3.05, 3.63) is 36.1 Å². The molecule has 0 radical (unpaired) electrons. The summed E-state index contributed by atoms with van der Waals surface area (Å²) in [6.07, 6.45) is 9.29. The number of hydrogen-bond donors (Lipinski definition) is 1. The maximum Gasteiger partial charge on any atom is 0.292 e. The molecule has 2 N–H and O–H groups in total. The third-order valence-electron chi connectivity index (χ3n) is 1.87. The van der Waals surface area contributed by atoms with Gasteiger partial charge in [-0.2, -0.15) is 0 Å². The van der Waals surface area contributed by atoms with Gasteiger partial charge in [-0.05, 0) is 12.2 Å². The summed E-state index contributed by atoms with van der Waals surface area (Å²) in [5, 5.41) is 0. The normalized spacial score (nSPS) is 26.3. The zero-order valence-electron chi connectivity index (χ0n) is 6.40. The van der Waals surface area contributed by atoms with Gasteiger partial charge in [0.05, 0.1) is 11.4 Å². The lowest BCUT2D eigenvalue weighted by atomic mass is 9.95. The van der Waals surface area contributed by atoms with Crippen molar-refractivity contribution in [3.63, 3.8) is 0 Å². The zero-order chi connectivity index (χ0) is 8.55. The van der Waals surface area contributed by atoms with Gasteiger partial charge in [0.1, 0.15) is 0 Å². The second-order valence-electron chi connectivity index (χ2n) is 2.73. The number of amides is 1. The first-order valence-corrected chi connectivity index (χ1v) is 3.72. The van der Waals surface area contributed by atoms with E-state index >= 15 is 0 Å². The van der Waals surface area contributed by atoms with E-state index < -0.39 is 0 Å². The molecule has 3 heteroatoms. The summed E-state index contributed by atoms with van der Waals surface area (Å²) in [5.74, 6) is -0.242. The Labute approximate surface area is 70.0 Å². The molecule has 60 valence electrons. The average molecular weight is 160 g/mol. The van der Waals surface area contributed by atoms with Crippen molar-refractivity contribution in [1.82, 2.24) is 0 Å². The van der Waals surface area contributed by atoms with Crippen LogP contribution >= 0.6 is 0 Å². The van der Waals surface area contributed by atoms with Crippen LogP contribution in [-0.2, 0) is 4.79 Å². The molecular formula is C9H8N2O. The van der Waals surface area contributed by atoms with E-state index in [9.17, 15) is 4.79 Å². The van der Waals surface area contributed by atoms with Crippen LogP contribution in [0, 0.1) is 5.92 Å². The lowest BCUT2D eigenvalue weighted by Crippen LogP contribution is -2.22. The van der Waals surface area contributed by atoms with Gasteiger partial charge >= 0.3 is 0 Å². The van der Waals surface area contributed by atoms with E-state index in [0.717, 1.165) is 5.71 Å². The first-order valence-electron chi connectivity index (χ1n) is 3.72. The predicted molar refractivity (Wildman–Crippen MR) is 46.5 cm³/mol. The molecule has 1 unspecified atom stereocenters. The average Bonchev–Trinajstić information content (AvgIpc) is 2.07. The van der Waals surface area contributed by atoms with Crippen LogP contribution in [0.4, 0.5) is 0 Å². The molecule has 3 nitrogen and oxygen atoms in total. The maximum atomic E-state index is 11.0. The van der Waals surface area contributed by atoms with Crippen LogP contribution in [-0.4, -0.2) is 11.6 Å². The fourth-order valence-corrected chi connectivity index (χ4v) is 1.25. The number of carbonyl (C=O) groups is 1. The molecule has 1 atom stereocenters. The topological polar surface area (TPSA) is 55.4 Å². The minimum Gasteiger partial charge on any atom is -0.394 e. The van der Waals surface area contributed by atoms with Gasteiger partial charge in [0.15, 0.2) is 0 Å². The largest absolute Gasteiger partial charge is 0.394 e. The summed E-state index contributed by atoms with van der Waals surface area (Å²) in [7, 11) is 0. The first-order chi connectivity index (χ1) is 5.77. The third kappa shape index (κ3) is 0.993. The predicted octanol–water partition coefficient (Wildman–Crippen LogP) is 0.552. The van der Waals surface area contributed by atoms with Crippen molar-refractivity contribution in [2.24, 2.45) is 16.6 Å². The Morgan fingerprint density at radius 2 is 2.25 bits per heavy atom. The summed E-state index contributed by atoms with van der Waals surface area (Å²) < 4.78 is 0. The van der Waals surface area contributed by atoms with Crippen LogP contribution in [0.1, 0.15) is 0 Å². The number of hydrogen-bond acceptors (Lipinski definition) is 2. The molecule has 0 bridgehead atoms. The summed E-state index contributed by atoms with van der Waals surface area (Å²) in [5.41, 5.74) is 6.45. The highest BCUT2D eigenvalue weighted by Gasteiger charge is 2.19. The van der Waals surface area contributed by atoms with Crippen LogP contribution in [0.25, 0.3) is 0 Å². The highest BCUT2D eigenvalue weighted by Crippen LogP contribution is 2.16. The van der Waals surface area contributed by atoms with E-state index in [2.05, 4.69) is 4.99 Å². The number of allylic oxidation sites excluding steroid dienone is 5. The fraction of sp³-hybridized carbons (Fsp3) is 0.111. The first kappa shape index (κ1) is 7.03. The van der Waals surface area contributed by atoms with Gasteiger partial charge in [0.2, 0.25) is 0 Å². The van der Waals surface area contributed by atoms with Gasteiger partial charge in [-0.25, -0.2) is 4.99 Å². The number of nitrogens with two attached hydrogens (primary N) is 1. The number of dihydropyridines is 1. The van der Waals surface area contributed by atoms with Gasteiger partial charge < -0.3 is 5.73 Å². The molecule has 0 aromatic carbocycles. The number of rotatable bonds is 0. The SMILES string of the molecule is NC1=CC2C=CC=CC2=NC1=O. The van der Waals surface area contributed by atoms with E-state index in [4.69, 9.17) is 5.73 Å². The highest BCUT2D eigenvalue weighted by molar-refractivity contribution is 6.12. The van der Waals surface area contributed by atoms with Crippen LogP contribution < -0.4 is 5.73 Å². The molecule has 0 saturated carbocycles. The van der Waals surface area contributed by atoms with E-state index in [-0.39, 0.29) is 17.5 Å².